The first-order valence-corrected chi connectivity index (χ1v) is 9.94. The zero-order valence-electron chi connectivity index (χ0n) is 18.6. The van der Waals surface area contributed by atoms with Crippen LogP contribution in [0.25, 0.3) is 0 Å². The molecule has 10 nitrogen and oxygen atoms in total. The molecular weight excluding hydrogens is 406 g/mol. The average molecular weight is 435 g/mol. The molecule has 0 aliphatic carbocycles. The summed E-state index contributed by atoms with van der Waals surface area (Å²) in [6.45, 7) is 5.51. The van der Waals surface area contributed by atoms with Crippen molar-refractivity contribution in [2.75, 3.05) is 27.9 Å². The molecule has 1 aromatic rings. The normalized spacial score (nSPS) is 23.8. The van der Waals surface area contributed by atoms with Crippen LogP contribution < -0.4 is 19.9 Å². The van der Waals surface area contributed by atoms with Crippen LogP contribution in [-0.4, -0.2) is 67.2 Å². The Labute approximate surface area is 181 Å². The second-order valence-corrected chi connectivity index (χ2v) is 8.50. The third kappa shape index (κ3) is 3.92. The van der Waals surface area contributed by atoms with Crippen LogP contribution in [0.4, 0.5) is 0 Å². The van der Waals surface area contributed by atoms with E-state index in [1.807, 2.05) is 0 Å². The van der Waals surface area contributed by atoms with E-state index in [1.54, 1.807) is 32.9 Å². The first-order chi connectivity index (χ1) is 14.5. The number of amides is 3. The second kappa shape index (κ2) is 8.35. The van der Waals surface area contributed by atoms with E-state index in [0.29, 0.717) is 22.8 Å². The van der Waals surface area contributed by atoms with Crippen molar-refractivity contribution >= 4 is 17.7 Å². The van der Waals surface area contributed by atoms with Gasteiger partial charge in [0.2, 0.25) is 17.6 Å². The quantitative estimate of drug-likeness (QED) is 0.631. The first kappa shape index (κ1) is 22.8. The standard InChI is InChI=1S/C21H29N3O7/c1-21(2,3)24-19(26)15-16(23(8-7-14(22)25)31-18(15)20(24)27)11-9-12(28-4)17(30-6)13(10-11)29-5/h9-10,15-16,18H,7-8H2,1-6H3,(H2,22,25). The van der Waals surface area contributed by atoms with Crippen molar-refractivity contribution in [1.82, 2.24) is 9.96 Å². The predicted molar refractivity (Wildman–Crippen MR) is 109 cm³/mol. The minimum atomic E-state index is -0.983. The molecule has 10 heteroatoms. The molecular formula is C21H29N3O7. The Morgan fingerprint density at radius 2 is 1.65 bits per heavy atom. The van der Waals surface area contributed by atoms with Gasteiger partial charge in [0.25, 0.3) is 5.91 Å². The smallest absolute Gasteiger partial charge is 0.261 e. The van der Waals surface area contributed by atoms with E-state index < -0.39 is 35.4 Å². The van der Waals surface area contributed by atoms with Gasteiger partial charge in [-0.2, -0.15) is 5.06 Å². The lowest BCUT2D eigenvalue weighted by molar-refractivity contribution is -0.182. The van der Waals surface area contributed by atoms with Gasteiger partial charge in [-0.1, -0.05) is 0 Å². The highest BCUT2D eigenvalue weighted by Crippen LogP contribution is 2.49. The summed E-state index contributed by atoms with van der Waals surface area (Å²) in [6.07, 6.45) is -0.977. The molecule has 2 aliphatic heterocycles. The Bertz CT molecular complexity index is 870. The van der Waals surface area contributed by atoms with Gasteiger partial charge in [-0.15, -0.1) is 0 Å². The van der Waals surface area contributed by atoms with Crippen molar-refractivity contribution in [1.29, 1.82) is 0 Å². The maximum atomic E-state index is 13.4. The number of imide groups is 1. The van der Waals surface area contributed by atoms with E-state index in [9.17, 15) is 14.4 Å². The van der Waals surface area contributed by atoms with Gasteiger partial charge in [0.1, 0.15) is 0 Å². The summed E-state index contributed by atoms with van der Waals surface area (Å²) in [7, 11) is 4.48. The van der Waals surface area contributed by atoms with E-state index in [-0.39, 0.29) is 18.9 Å². The second-order valence-electron chi connectivity index (χ2n) is 8.50. The van der Waals surface area contributed by atoms with Crippen LogP contribution in [0.15, 0.2) is 12.1 Å². The summed E-state index contributed by atoms with van der Waals surface area (Å²) in [5.41, 5.74) is 5.25. The number of nitrogens with two attached hydrogens (primary N) is 1. The number of benzene rings is 1. The lowest BCUT2D eigenvalue weighted by Crippen LogP contribution is -2.48. The average Bonchev–Trinajstić information content (AvgIpc) is 3.20. The lowest BCUT2D eigenvalue weighted by atomic mass is 9.90. The van der Waals surface area contributed by atoms with Crippen molar-refractivity contribution in [2.45, 2.75) is 44.9 Å². The molecule has 2 saturated heterocycles. The van der Waals surface area contributed by atoms with Crippen LogP contribution in [0.3, 0.4) is 0 Å². The maximum absolute atomic E-state index is 13.4. The van der Waals surface area contributed by atoms with Crippen LogP contribution >= 0.6 is 0 Å². The fraction of sp³-hybridized carbons (Fsp3) is 0.571. The zero-order chi connectivity index (χ0) is 23.1. The highest BCUT2D eigenvalue weighted by molar-refractivity contribution is 6.08. The molecule has 170 valence electrons. The van der Waals surface area contributed by atoms with E-state index in [1.165, 1.54) is 31.3 Å². The SMILES string of the molecule is COc1cc(C2C3C(=O)N(C(C)(C)C)C(=O)C3ON2CCC(N)=O)cc(OC)c1OC. The molecule has 1 aromatic carbocycles. The van der Waals surface area contributed by atoms with Gasteiger partial charge in [-0.3, -0.25) is 24.1 Å². The van der Waals surface area contributed by atoms with Gasteiger partial charge in [0, 0.05) is 18.5 Å². The third-order valence-corrected chi connectivity index (χ3v) is 5.47. The molecule has 0 radical (unpaired) electrons. The highest BCUT2D eigenvalue weighted by atomic mass is 16.7. The van der Waals surface area contributed by atoms with Gasteiger partial charge in [0.05, 0.1) is 33.3 Å². The fourth-order valence-electron chi connectivity index (χ4n) is 4.19. The summed E-state index contributed by atoms with van der Waals surface area (Å²) < 4.78 is 16.3. The van der Waals surface area contributed by atoms with Crippen molar-refractivity contribution in [2.24, 2.45) is 11.7 Å². The van der Waals surface area contributed by atoms with E-state index in [0.717, 1.165) is 0 Å². The number of ether oxygens (including phenoxy) is 3. The minimum Gasteiger partial charge on any atom is -0.493 e. The topological polar surface area (TPSA) is 121 Å². The molecule has 0 bridgehead atoms. The number of hydrogen-bond donors (Lipinski definition) is 1. The van der Waals surface area contributed by atoms with E-state index in [2.05, 4.69) is 0 Å². The number of likely N-dealkylation sites (tertiary alicyclic amines) is 1. The van der Waals surface area contributed by atoms with Crippen LogP contribution in [0.5, 0.6) is 17.2 Å². The molecule has 3 rings (SSSR count). The summed E-state index contributed by atoms with van der Waals surface area (Å²) in [4.78, 5) is 45.0. The summed E-state index contributed by atoms with van der Waals surface area (Å²) in [5, 5.41) is 1.48. The Morgan fingerprint density at radius 3 is 2.10 bits per heavy atom. The van der Waals surface area contributed by atoms with E-state index >= 15 is 0 Å². The van der Waals surface area contributed by atoms with Gasteiger partial charge >= 0.3 is 0 Å². The Balaban J connectivity index is 2.10. The number of nitrogens with zero attached hydrogens (tertiary/aromatic N) is 2. The molecule has 3 atom stereocenters. The number of hydroxylamine groups is 2. The number of carbonyl (C=O) groups excluding carboxylic acids is 3. The zero-order valence-corrected chi connectivity index (χ0v) is 18.6. The van der Waals surface area contributed by atoms with Crippen LogP contribution in [0.2, 0.25) is 0 Å². The van der Waals surface area contributed by atoms with Gasteiger partial charge in [-0.25, -0.2) is 0 Å². The molecule has 2 fully saturated rings. The monoisotopic (exact) mass is 435 g/mol. The summed E-state index contributed by atoms with van der Waals surface area (Å²) >= 11 is 0. The van der Waals surface area contributed by atoms with Crippen molar-refractivity contribution < 1.29 is 33.4 Å². The highest BCUT2D eigenvalue weighted by Gasteiger charge is 2.61. The van der Waals surface area contributed by atoms with Crippen molar-refractivity contribution in [3.8, 4) is 17.2 Å². The van der Waals surface area contributed by atoms with E-state index in [4.69, 9.17) is 24.8 Å². The van der Waals surface area contributed by atoms with Crippen LogP contribution in [0.1, 0.15) is 38.8 Å². The molecule has 2 N–H and O–H groups in total. The van der Waals surface area contributed by atoms with Crippen molar-refractivity contribution in [3.05, 3.63) is 17.7 Å². The molecule has 0 saturated carbocycles. The molecule has 31 heavy (non-hydrogen) atoms. The number of methoxy groups -OCH3 is 3. The first-order valence-electron chi connectivity index (χ1n) is 9.94. The fourth-order valence-corrected chi connectivity index (χ4v) is 4.19. The Kier molecular flexibility index (Phi) is 6.15. The lowest BCUT2D eigenvalue weighted by Gasteiger charge is -2.33. The Hall–Kier alpha value is -2.85. The Morgan fingerprint density at radius 1 is 1.06 bits per heavy atom. The third-order valence-electron chi connectivity index (χ3n) is 5.47. The number of rotatable bonds is 7. The van der Waals surface area contributed by atoms with Crippen LogP contribution in [0, 0.1) is 5.92 Å². The predicted octanol–water partition coefficient (Wildman–Crippen LogP) is 1.03. The molecule has 3 amide bonds. The number of carbonyl (C=O) groups is 3. The van der Waals surface area contributed by atoms with Gasteiger partial charge < -0.3 is 19.9 Å². The molecule has 2 heterocycles. The summed E-state index contributed by atoms with van der Waals surface area (Å²) in [6, 6.07) is 2.78. The molecule has 2 aliphatic rings. The summed E-state index contributed by atoms with van der Waals surface area (Å²) in [5.74, 6) is -0.831. The largest absolute Gasteiger partial charge is 0.493 e. The van der Waals surface area contributed by atoms with Crippen molar-refractivity contribution in [3.63, 3.8) is 0 Å². The number of primary amides is 1. The van der Waals surface area contributed by atoms with Gasteiger partial charge in [-0.05, 0) is 38.5 Å². The number of hydrogen-bond acceptors (Lipinski definition) is 8. The molecule has 0 spiro atoms. The van der Waals surface area contributed by atoms with Crippen LogP contribution in [-0.2, 0) is 19.2 Å². The molecule has 0 aromatic heterocycles. The molecule has 3 unspecified atom stereocenters. The maximum Gasteiger partial charge on any atom is 0.261 e. The minimum absolute atomic E-state index is 0.00569. The number of fused-ring (bicyclic) bond motifs is 1. The van der Waals surface area contributed by atoms with Gasteiger partial charge in [0.15, 0.2) is 17.6 Å².